The van der Waals surface area contributed by atoms with Gasteiger partial charge in [0.25, 0.3) is 5.91 Å². The quantitative estimate of drug-likeness (QED) is 0.816. The highest BCUT2D eigenvalue weighted by Gasteiger charge is 2.20. The summed E-state index contributed by atoms with van der Waals surface area (Å²) in [5.41, 5.74) is 0. The van der Waals surface area contributed by atoms with Gasteiger partial charge in [-0.25, -0.2) is 4.98 Å². The average molecular weight is 356 g/mol. The van der Waals surface area contributed by atoms with Gasteiger partial charge in [0.1, 0.15) is 17.3 Å². The van der Waals surface area contributed by atoms with Crippen molar-refractivity contribution in [1.29, 1.82) is 0 Å². The first-order chi connectivity index (χ1) is 12.7. The van der Waals surface area contributed by atoms with Crippen molar-refractivity contribution in [3.63, 3.8) is 0 Å². The third-order valence-corrected chi connectivity index (χ3v) is 4.51. The van der Waals surface area contributed by atoms with Gasteiger partial charge < -0.3 is 19.7 Å². The molecule has 2 heterocycles. The Hall–Kier alpha value is -2.83. The van der Waals surface area contributed by atoms with Gasteiger partial charge in [-0.3, -0.25) is 9.78 Å². The number of benzene rings is 1. The van der Waals surface area contributed by atoms with Crippen molar-refractivity contribution < 1.29 is 14.3 Å². The summed E-state index contributed by atoms with van der Waals surface area (Å²) in [5, 5.41) is 2.96. The Morgan fingerprint density at radius 1 is 1.19 bits per heavy atom. The number of hydrogen-bond acceptors (Lipinski definition) is 6. The molecule has 7 nitrogen and oxygen atoms in total. The highest BCUT2D eigenvalue weighted by molar-refractivity contribution is 5.77. The highest BCUT2D eigenvalue weighted by Crippen LogP contribution is 2.20. The number of rotatable bonds is 7. The number of anilines is 1. The zero-order chi connectivity index (χ0) is 18.2. The minimum Gasteiger partial charge on any atom is -0.497 e. The SMILES string of the molecule is COc1ccc(OCC(=O)NCC2CCN(c3cnccn3)CC2)cc1. The topological polar surface area (TPSA) is 76.6 Å². The lowest BCUT2D eigenvalue weighted by Gasteiger charge is -2.32. The molecule has 1 aromatic carbocycles. The van der Waals surface area contributed by atoms with Crippen LogP contribution in [0.15, 0.2) is 42.9 Å². The zero-order valence-electron chi connectivity index (χ0n) is 14.9. The molecule has 0 atom stereocenters. The van der Waals surface area contributed by atoms with Crippen molar-refractivity contribution in [2.24, 2.45) is 5.92 Å². The zero-order valence-corrected chi connectivity index (χ0v) is 14.9. The molecule has 1 N–H and O–H groups in total. The van der Waals surface area contributed by atoms with E-state index < -0.39 is 0 Å². The summed E-state index contributed by atoms with van der Waals surface area (Å²) < 4.78 is 10.6. The second kappa shape index (κ2) is 9.03. The molecule has 0 saturated carbocycles. The second-order valence-electron chi connectivity index (χ2n) is 6.26. The van der Waals surface area contributed by atoms with Gasteiger partial charge in [0.2, 0.25) is 0 Å². The Morgan fingerprint density at radius 2 is 1.92 bits per heavy atom. The Labute approximate surface area is 153 Å². The number of carbonyl (C=O) groups is 1. The number of piperidine rings is 1. The van der Waals surface area contributed by atoms with Crippen LogP contribution in [0.4, 0.5) is 5.82 Å². The van der Waals surface area contributed by atoms with E-state index in [4.69, 9.17) is 9.47 Å². The number of amides is 1. The summed E-state index contributed by atoms with van der Waals surface area (Å²) in [5.74, 6) is 2.71. The van der Waals surface area contributed by atoms with E-state index in [2.05, 4.69) is 20.2 Å². The Balaban J connectivity index is 1.34. The molecule has 1 aromatic heterocycles. The van der Waals surface area contributed by atoms with Crippen LogP contribution in [0.2, 0.25) is 0 Å². The number of aromatic nitrogens is 2. The van der Waals surface area contributed by atoms with Crippen molar-refractivity contribution in [3.05, 3.63) is 42.9 Å². The van der Waals surface area contributed by atoms with Gasteiger partial charge in [0, 0.05) is 32.0 Å². The van der Waals surface area contributed by atoms with Crippen LogP contribution < -0.4 is 19.7 Å². The number of ether oxygens (including phenoxy) is 2. The maximum Gasteiger partial charge on any atom is 0.257 e. The van der Waals surface area contributed by atoms with Crippen molar-refractivity contribution in [2.45, 2.75) is 12.8 Å². The molecule has 1 aliphatic rings. The van der Waals surface area contributed by atoms with E-state index in [9.17, 15) is 4.79 Å². The van der Waals surface area contributed by atoms with Gasteiger partial charge in [0.15, 0.2) is 6.61 Å². The standard InChI is InChI=1S/C19H24N4O3/c1-25-16-2-4-17(5-3-16)26-14-19(24)22-12-15-6-10-23(11-7-15)18-13-20-8-9-21-18/h2-5,8-9,13,15H,6-7,10-12,14H2,1H3,(H,22,24). The molecule has 26 heavy (non-hydrogen) atoms. The van der Waals surface area contributed by atoms with Gasteiger partial charge in [-0.2, -0.15) is 0 Å². The van der Waals surface area contributed by atoms with Gasteiger partial charge in [-0.15, -0.1) is 0 Å². The normalized spacial score (nSPS) is 14.7. The summed E-state index contributed by atoms with van der Waals surface area (Å²) in [6.45, 7) is 2.56. The molecule has 7 heteroatoms. The van der Waals surface area contributed by atoms with Crippen LogP contribution in [0.1, 0.15) is 12.8 Å². The summed E-state index contributed by atoms with van der Waals surface area (Å²) in [6.07, 6.45) is 7.23. The van der Waals surface area contributed by atoms with E-state index in [0.717, 1.165) is 37.5 Å². The van der Waals surface area contributed by atoms with E-state index in [-0.39, 0.29) is 12.5 Å². The maximum atomic E-state index is 12.0. The first-order valence-corrected chi connectivity index (χ1v) is 8.79. The molecule has 3 rings (SSSR count). The minimum atomic E-state index is -0.0998. The van der Waals surface area contributed by atoms with Crippen molar-refractivity contribution in [1.82, 2.24) is 15.3 Å². The third kappa shape index (κ3) is 5.08. The number of hydrogen-bond donors (Lipinski definition) is 1. The lowest BCUT2D eigenvalue weighted by atomic mass is 9.97. The molecule has 0 spiro atoms. The predicted molar refractivity (Wildman–Crippen MR) is 98.5 cm³/mol. The fourth-order valence-corrected chi connectivity index (χ4v) is 2.95. The number of methoxy groups -OCH3 is 1. The van der Waals surface area contributed by atoms with Crippen LogP contribution in [-0.4, -0.2) is 49.2 Å². The molecule has 1 amide bonds. The molecule has 2 aromatic rings. The maximum absolute atomic E-state index is 12.0. The van der Waals surface area contributed by atoms with Gasteiger partial charge in [-0.05, 0) is 43.0 Å². The van der Waals surface area contributed by atoms with E-state index in [1.54, 1.807) is 50.0 Å². The fourth-order valence-electron chi connectivity index (χ4n) is 2.95. The second-order valence-corrected chi connectivity index (χ2v) is 6.26. The number of nitrogens with zero attached hydrogens (tertiary/aromatic N) is 3. The highest BCUT2D eigenvalue weighted by atomic mass is 16.5. The van der Waals surface area contributed by atoms with E-state index >= 15 is 0 Å². The van der Waals surface area contributed by atoms with E-state index in [0.29, 0.717) is 18.2 Å². The predicted octanol–water partition coefficient (Wildman–Crippen LogP) is 1.90. The largest absolute Gasteiger partial charge is 0.497 e. The lowest BCUT2D eigenvalue weighted by Crippen LogP contribution is -2.40. The Kier molecular flexibility index (Phi) is 6.24. The van der Waals surface area contributed by atoms with Crippen LogP contribution in [0.25, 0.3) is 0 Å². The molecular formula is C19H24N4O3. The minimum absolute atomic E-state index is 0.0186. The van der Waals surface area contributed by atoms with Gasteiger partial charge in [0.05, 0.1) is 13.3 Å². The van der Waals surface area contributed by atoms with Gasteiger partial charge >= 0.3 is 0 Å². The average Bonchev–Trinajstić information content (AvgIpc) is 2.72. The molecule has 1 aliphatic heterocycles. The molecule has 1 saturated heterocycles. The Bertz CT molecular complexity index is 686. The van der Waals surface area contributed by atoms with Crippen molar-refractivity contribution in [2.75, 3.05) is 38.3 Å². The van der Waals surface area contributed by atoms with Crippen molar-refractivity contribution >= 4 is 11.7 Å². The molecule has 0 aliphatic carbocycles. The van der Waals surface area contributed by atoms with Gasteiger partial charge in [-0.1, -0.05) is 0 Å². The fraction of sp³-hybridized carbons (Fsp3) is 0.421. The van der Waals surface area contributed by atoms with E-state index in [1.165, 1.54) is 0 Å². The molecular weight excluding hydrogens is 332 g/mol. The van der Waals surface area contributed by atoms with E-state index in [1.807, 2.05) is 0 Å². The van der Waals surface area contributed by atoms with Crippen LogP contribution in [-0.2, 0) is 4.79 Å². The van der Waals surface area contributed by atoms with Crippen LogP contribution in [0, 0.1) is 5.92 Å². The first-order valence-electron chi connectivity index (χ1n) is 8.79. The molecule has 0 unspecified atom stereocenters. The lowest BCUT2D eigenvalue weighted by molar-refractivity contribution is -0.123. The molecule has 0 radical (unpaired) electrons. The van der Waals surface area contributed by atoms with Crippen LogP contribution in [0.5, 0.6) is 11.5 Å². The molecule has 1 fully saturated rings. The Morgan fingerprint density at radius 3 is 2.58 bits per heavy atom. The number of carbonyl (C=O) groups excluding carboxylic acids is 1. The van der Waals surface area contributed by atoms with Crippen LogP contribution >= 0.6 is 0 Å². The summed E-state index contributed by atoms with van der Waals surface area (Å²) in [7, 11) is 1.61. The van der Waals surface area contributed by atoms with Crippen molar-refractivity contribution in [3.8, 4) is 11.5 Å². The third-order valence-electron chi connectivity index (χ3n) is 4.51. The number of nitrogens with one attached hydrogen (secondary N) is 1. The first kappa shape index (κ1) is 18.0. The summed E-state index contributed by atoms with van der Waals surface area (Å²) in [4.78, 5) is 22.7. The summed E-state index contributed by atoms with van der Waals surface area (Å²) in [6, 6.07) is 7.18. The smallest absolute Gasteiger partial charge is 0.257 e. The van der Waals surface area contributed by atoms with Crippen LogP contribution in [0.3, 0.4) is 0 Å². The molecule has 138 valence electrons. The monoisotopic (exact) mass is 356 g/mol. The molecule has 0 bridgehead atoms. The summed E-state index contributed by atoms with van der Waals surface area (Å²) >= 11 is 0.